The van der Waals surface area contributed by atoms with E-state index in [0.717, 1.165) is 0 Å². The van der Waals surface area contributed by atoms with Crippen LogP contribution in [0.3, 0.4) is 0 Å². The summed E-state index contributed by atoms with van der Waals surface area (Å²) < 4.78 is 0. The first-order valence-corrected chi connectivity index (χ1v) is 5.79. The molecule has 0 bridgehead atoms. The molecule has 0 aliphatic carbocycles. The molecule has 0 aliphatic heterocycles. The van der Waals surface area contributed by atoms with Gasteiger partial charge in [-0.05, 0) is 19.8 Å². The van der Waals surface area contributed by atoms with Gasteiger partial charge in [-0.3, -0.25) is 9.59 Å². The van der Waals surface area contributed by atoms with Gasteiger partial charge in [0.05, 0.1) is 12.1 Å². The molecular weight excluding hydrogens is 220 g/mol. The molecule has 2 amide bonds. The number of carbonyl (C=O) groups is 2. The number of rotatable bonds is 5. The number of hydrogen-bond donors (Lipinski definition) is 2. The first-order valence-electron chi connectivity index (χ1n) is 5.79. The van der Waals surface area contributed by atoms with Gasteiger partial charge in [-0.2, -0.15) is 0 Å². The van der Waals surface area contributed by atoms with Crippen LogP contribution < -0.4 is 5.32 Å². The molecule has 0 aromatic carbocycles. The zero-order valence-electron chi connectivity index (χ0n) is 11.6. The van der Waals surface area contributed by atoms with Gasteiger partial charge in [0, 0.05) is 14.0 Å². The van der Waals surface area contributed by atoms with Crippen molar-refractivity contribution in [1.29, 1.82) is 0 Å². The Hall–Kier alpha value is -1.10. The highest BCUT2D eigenvalue weighted by Gasteiger charge is 2.33. The Morgan fingerprint density at radius 2 is 1.82 bits per heavy atom. The predicted molar refractivity (Wildman–Crippen MR) is 66.4 cm³/mol. The quantitative estimate of drug-likeness (QED) is 0.734. The van der Waals surface area contributed by atoms with Gasteiger partial charge in [-0.1, -0.05) is 13.8 Å². The lowest BCUT2D eigenvalue weighted by molar-refractivity contribution is -0.141. The van der Waals surface area contributed by atoms with Crippen LogP contribution in [0, 0.1) is 5.92 Å². The van der Waals surface area contributed by atoms with E-state index < -0.39 is 11.6 Å². The van der Waals surface area contributed by atoms with E-state index in [1.807, 2.05) is 13.8 Å². The summed E-state index contributed by atoms with van der Waals surface area (Å²) in [7, 11) is 1.63. The van der Waals surface area contributed by atoms with Crippen molar-refractivity contribution >= 4 is 11.8 Å². The number of aliphatic hydroxyl groups excluding tert-OH is 1. The average molecular weight is 244 g/mol. The van der Waals surface area contributed by atoms with Gasteiger partial charge in [0.25, 0.3) is 0 Å². The highest BCUT2D eigenvalue weighted by Crippen LogP contribution is 2.15. The molecular formula is C12H24N2O3. The van der Waals surface area contributed by atoms with Crippen LogP contribution in [0.2, 0.25) is 0 Å². The van der Waals surface area contributed by atoms with Gasteiger partial charge >= 0.3 is 0 Å². The molecule has 0 aliphatic rings. The number of nitrogens with zero attached hydrogens (tertiary/aromatic N) is 1. The molecule has 0 spiro atoms. The molecule has 0 saturated heterocycles. The Morgan fingerprint density at radius 1 is 1.35 bits per heavy atom. The Labute approximate surface area is 103 Å². The van der Waals surface area contributed by atoms with Crippen LogP contribution in [0.15, 0.2) is 0 Å². The van der Waals surface area contributed by atoms with Gasteiger partial charge in [0.15, 0.2) is 0 Å². The van der Waals surface area contributed by atoms with Gasteiger partial charge in [0.1, 0.15) is 6.04 Å². The van der Waals surface area contributed by atoms with E-state index >= 15 is 0 Å². The molecule has 5 nitrogen and oxygen atoms in total. The highest BCUT2D eigenvalue weighted by atomic mass is 16.3. The van der Waals surface area contributed by atoms with Crippen LogP contribution in [0.4, 0.5) is 0 Å². The number of nitrogens with one attached hydrogen (secondary N) is 1. The Morgan fingerprint density at radius 3 is 2.12 bits per heavy atom. The minimum Gasteiger partial charge on any atom is -0.394 e. The van der Waals surface area contributed by atoms with Gasteiger partial charge in [-0.15, -0.1) is 0 Å². The lowest BCUT2D eigenvalue weighted by Crippen LogP contribution is -2.56. The van der Waals surface area contributed by atoms with Crippen molar-refractivity contribution in [3.05, 3.63) is 0 Å². The average Bonchev–Trinajstić information content (AvgIpc) is 2.23. The van der Waals surface area contributed by atoms with E-state index in [1.54, 1.807) is 20.9 Å². The summed E-state index contributed by atoms with van der Waals surface area (Å²) in [6, 6.07) is -0.552. The predicted octanol–water partition coefficient (Wildman–Crippen LogP) is 0.376. The molecule has 0 saturated carbocycles. The number of likely N-dealkylation sites (N-methyl/N-ethyl adjacent to an activating group) is 1. The number of aliphatic hydroxyl groups is 1. The van der Waals surface area contributed by atoms with Crippen molar-refractivity contribution in [2.45, 2.75) is 46.2 Å². The molecule has 0 fully saturated rings. The van der Waals surface area contributed by atoms with E-state index in [2.05, 4.69) is 5.32 Å². The molecule has 0 rings (SSSR count). The number of carbonyl (C=O) groups excluding carboxylic acids is 2. The smallest absolute Gasteiger partial charge is 0.245 e. The zero-order chi connectivity index (χ0) is 13.8. The Balaban J connectivity index is 4.90. The summed E-state index contributed by atoms with van der Waals surface area (Å²) >= 11 is 0. The first kappa shape index (κ1) is 15.9. The van der Waals surface area contributed by atoms with E-state index in [-0.39, 0.29) is 24.3 Å². The van der Waals surface area contributed by atoms with Crippen molar-refractivity contribution in [3.63, 3.8) is 0 Å². The summed E-state index contributed by atoms with van der Waals surface area (Å²) in [6.07, 6.45) is 0. The normalized spacial score (nSPS) is 13.4. The fourth-order valence-electron chi connectivity index (χ4n) is 1.35. The van der Waals surface area contributed by atoms with Crippen LogP contribution in [0.1, 0.15) is 34.6 Å². The molecule has 2 N–H and O–H groups in total. The second-order valence-electron chi connectivity index (χ2n) is 5.29. The first-order chi connectivity index (χ1) is 7.63. The maximum atomic E-state index is 12.2. The minimum absolute atomic E-state index is 0.00310. The number of hydrogen-bond acceptors (Lipinski definition) is 3. The van der Waals surface area contributed by atoms with Crippen molar-refractivity contribution in [2.75, 3.05) is 13.7 Å². The molecule has 0 heterocycles. The van der Waals surface area contributed by atoms with Gasteiger partial charge < -0.3 is 15.3 Å². The summed E-state index contributed by atoms with van der Waals surface area (Å²) in [5, 5.41) is 11.9. The van der Waals surface area contributed by atoms with Gasteiger partial charge in [-0.25, -0.2) is 0 Å². The summed E-state index contributed by atoms with van der Waals surface area (Å²) in [6.45, 7) is 8.56. The lowest BCUT2D eigenvalue weighted by atomic mass is 9.98. The largest absolute Gasteiger partial charge is 0.394 e. The van der Waals surface area contributed by atoms with E-state index in [0.29, 0.717) is 0 Å². The molecule has 0 aromatic heterocycles. The standard InChI is InChI=1S/C12H24N2O3/c1-8(2)10(13-9(3)16)11(17)14(6)12(4,5)7-15/h8,10,15H,7H2,1-6H3,(H,13,16). The van der Waals surface area contributed by atoms with Crippen LogP contribution >= 0.6 is 0 Å². The van der Waals surface area contributed by atoms with Crippen molar-refractivity contribution in [1.82, 2.24) is 10.2 Å². The molecule has 1 unspecified atom stereocenters. The highest BCUT2D eigenvalue weighted by molar-refractivity contribution is 5.87. The maximum Gasteiger partial charge on any atom is 0.245 e. The lowest BCUT2D eigenvalue weighted by Gasteiger charge is -2.37. The van der Waals surface area contributed by atoms with E-state index in [9.17, 15) is 14.7 Å². The summed E-state index contributed by atoms with van der Waals surface area (Å²) in [4.78, 5) is 24.8. The third-order valence-electron chi connectivity index (χ3n) is 2.92. The van der Waals surface area contributed by atoms with E-state index in [4.69, 9.17) is 0 Å². The summed E-state index contributed by atoms with van der Waals surface area (Å²) in [5.74, 6) is -0.412. The van der Waals surface area contributed by atoms with Crippen LogP contribution in [0.25, 0.3) is 0 Å². The van der Waals surface area contributed by atoms with Crippen LogP contribution in [-0.4, -0.2) is 47.1 Å². The van der Waals surface area contributed by atoms with Crippen molar-refractivity contribution in [2.24, 2.45) is 5.92 Å². The molecule has 1 atom stereocenters. The SMILES string of the molecule is CC(=O)NC(C(=O)N(C)C(C)(C)CO)C(C)C. The molecule has 5 heteroatoms. The van der Waals surface area contributed by atoms with Crippen LogP contribution in [-0.2, 0) is 9.59 Å². The topological polar surface area (TPSA) is 69.6 Å². The van der Waals surface area contributed by atoms with Gasteiger partial charge in [0.2, 0.25) is 11.8 Å². The van der Waals surface area contributed by atoms with Crippen molar-refractivity contribution < 1.29 is 14.7 Å². The monoisotopic (exact) mass is 244 g/mol. The third-order valence-corrected chi connectivity index (χ3v) is 2.92. The van der Waals surface area contributed by atoms with E-state index in [1.165, 1.54) is 11.8 Å². The molecule has 100 valence electrons. The fourth-order valence-corrected chi connectivity index (χ4v) is 1.35. The molecule has 0 radical (unpaired) electrons. The Bertz CT molecular complexity index is 287. The molecule has 0 aromatic rings. The zero-order valence-corrected chi connectivity index (χ0v) is 11.6. The third kappa shape index (κ3) is 4.34. The second kappa shape index (κ2) is 6.00. The molecule has 17 heavy (non-hydrogen) atoms. The second-order valence-corrected chi connectivity index (χ2v) is 5.29. The summed E-state index contributed by atoms with van der Waals surface area (Å²) in [5.41, 5.74) is -0.636. The van der Waals surface area contributed by atoms with Crippen LogP contribution in [0.5, 0.6) is 0 Å². The number of amides is 2. The fraction of sp³-hybridized carbons (Fsp3) is 0.833. The minimum atomic E-state index is -0.636. The Kier molecular flexibility index (Phi) is 5.61. The van der Waals surface area contributed by atoms with Crippen molar-refractivity contribution in [3.8, 4) is 0 Å². The maximum absolute atomic E-state index is 12.2.